The van der Waals surface area contributed by atoms with E-state index in [-0.39, 0.29) is 118 Å². The van der Waals surface area contributed by atoms with Crippen LogP contribution in [0.2, 0.25) is 0 Å². The molecule has 0 radical (unpaired) electrons. The Morgan fingerprint density at radius 2 is 0.955 bits per heavy atom. The van der Waals surface area contributed by atoms with Gasteiger partial charge in [0.15, 0.2) is 0 Å². The summed E-state index contributed by atoms with van der Waals surface area (Å²) >= 11 is 0. The Hall–Kier alpha value is -5.16. The van der Waals surface area contributed by atoms with Crippen molar-refractivity contribution < 1.29 is 126 Å². The van der Waals surface area contributed by atoms with Crippen molar-refractivity contribution in [2.45, 2.75) is 77.8 Å². The Balaban J connectivity index is 0.000000340. The number of benzene rings is 4. The van der Waals surface area contributed by atoms with E-state index in [4.69, 9.17) is 18.3 Å². The maximum absolute atomic E-state index is 14.1. The number of phenols is 2. The van der Waals surface area contributed by atoms with Crippen LogP contribution in [-0.4, -0.2) is 32.4 Å². The number of aliphatic hydroxyl groups is 2. The smallest absolute Gasteiger partial charge is 0.545 e. The second-order valence-corrected chi connectivity index (χ2v) is 14.9. The first-order valence-corrected chi connectivity index (χ1v) is 20.4. The van der Waals surface area contributed by atoms with Gasteiger partial charge in [-0.05, 0) is 120 Å². The molecule has 0 aliphatic carbocycles. The minimum Gasteiger partial charge on any atom is -0.545 e. The number of carbonyl (C=O) groups is 2. The Kier molecular flexibility index (Phi) is 21.0. The second-order valence-electron chi connectivity index (χ2n) is 14.9. The second kappa shape index (κ2) is 25.1. The average Bonchev–Trinajstić information content (AvgIpc) is 4.02. The topological polar surface area (TPSA) is 206 Å². The molecule has 0 aliphatic rings. The third-order valence-corrected chi connectivity index (χ3v) is 10.9. The van der Waals surface area contributed by atoms with Crippen molar-refractivity contribution in [3.8, 4) is 23.0 Å². The molecular weight excluding hydrogens is 877 g/mol. The van der Waals surface area contributed by atoms with E-state index in [1.807, 2.05) is 27.7 Å². The molecule has 0 aliphatic heterocycles. The van der Waals surface area contributed by atoms with Gasteiger partial charge in [0.25, 0.3) is 0 Å². The molecule has 2 heterocycles. The van der Waals surface area contributed by atoms with Gasteiger partial charge in [-0.2, -0.15) is 0 Å². The molecule has 0 fully saturated rings. The summed E-state index contributed by atoms with van der Waals surface area (Å²) in [6.07, 6.45) is 8.99. The molecule has 12 nitrogen and oxygen atoms in total. The molecule has 0 atom stereocenters. The van der Waals surface area contributed by atoms with E-state index < -0.39 is 34.8 Å². The van der Waals surface area contributed by atoms with E-state index >= 15 is 0 Å². The number of hydrogen-bond acceptors (Lipinski definition) is 12. The van der Waals surface area contributed by atoms with Crippen LogP contribution < -0.4 is 78.8 Å². The van der Waals surface area contributed by atoms with Gasteiger partial charge < -0.3 is 58.5 Å². The molecule has 66 heavy (non-hydrogen) atoms. The van der Waals surface area contributed by atoms with E-state index in [0.29, 0.717) is 59.1 Å². The molecule has 0 amide bonds. The minimum absolute atomic E-state index is 0. The number of rotatable bonds is 18. The summed E-state index contributed by atoms with van der Waals surface area (Å²) in [4.78, 5) is 22.2. The zero-order valence-corrected chi connectivity index (χ0v) is 41.6. The fourth-order valence-corrected chi connectivity index (χ4v) is 6.97. The summed E-state index contributed by atoms with van der Waals surface area (Å²) in [7, 11) is 0. The number of carboxylic acid groups (broad SMARTS) is 2. The Morgan fingerprint density at radius 1 is 0.591 bits per heavy atom. The Bertz CT molecular complexity index is 2420. The maximum atomic E-state index is 14.1. The molecule has 336 valence electrons. The van der Waals surface area contributed by atoms with Gasteiger partial charge in [0.1, 0.15) is 47.8 Å². The summed E-state index contributed by atoms with van der Waals surface area (Å²) in [6.45, 7) is 7.35. The summed E-state index contributed by atoms with van der Waals surface area (Å²) in [6, 6.07) is 20.7. The molecule has 4 N–H and O–H groups in total. The van der Waals surface area contributed by atoms with Gasteiger partial charge in [0.2, 0.25) is 0 Å². The van der Waals surface area contributed by atoms with Crippen LogP contribution in [0.5, 0.6) is 23.0 Å². The van der Waals surface area contributed by atoms with Gasteiger partial charge in [-0.3, -0.25) is 0 Å². The molecule has 0 bridgehead atoms. The predicted octanol–water partition coefficient (Wildman–Crippen LogP) is 1.79. The number of aliphatic carboxylic acids is 2. The average molecular weight is 925 g/mol. The van der Waals surface area contributed by atoms with Gasteiger partial charge in [-0.1, -0.05) is 52.0 Å². The van der Waals surface area contributed by atoms with Crippen molar-refractivity contribution in [3.05, 3.63) is 178 Å². The predicted molar refractivity (Wildman–Crippen MR) is 228 cm³/mol. The van der Waals surface area contributed by atoms with E-state index in [1.165, 1.54) is 61.5 Å². The zero-order valence-electron chi connectivity index (χ0n) is 37.6. The Morgan fingerprint density at radius 3 is 1.24 bits per heavy atom. The van der Waals surface area contributed by atoms with Crippen molar-refractivity contribution in [2.24, 2.45) is 0 Å². The van der Waals surface area contributed by atoms with Crippen LogP contribution in [0.25, 0.3) is 11.1 Å². The van der Waals surface area contributed by atoms with E-state index in [1.54, 1.807) is 48.5 Å². The van der Waals surface area contributed by atoms with E-state index in [0.717, 1.165) is 12.2 Å². The number of carboxylic acids is 2. The van der Waals surface area contributed by atoms with Crippen LogP contribution >= 0.6 is 0 Å². The summed E-state index contributed by atoms with van der Waals surface area (Å²) in [5.41, 5.74) is 1.72. The molecule has 6 rings (SSSR count). The van der Waals surface area contributed by atoms with E-state index in [2.05, 4.69) is 0 Å². The quantitative estimate of drug-likeness (QED) is 0.0720. The van der Waals surface area contributed by atoms with Crippen LogP contribution in [0.15, 0.2) is 131 Å². The third-order valence-electron chi connectivity index (χ3n) is 10.9. The maximum Gasteiger partial charge on any atom is 1.00 e. The number of furan rings is 2. The van der Waals surface area contributed by atoms with Crippen LogP contribution in [0.4, 0.5) is 8.78 Å². The van der Waals surface area contributed by atoms with E-state index in [9.17, 15) is 49.0 Å². The van der Waals surface area contributed by atoms with Crippen molar-refractivity contribution >= 4 is 23.1 Å². The third kappa shape index (κ3) is 14.4. The SMILES string of the molecule is CCC(O)(CC)c1cc(F)cc(OCc2ccc(C(=CC(=O)[O-])c3ccoc3)c(O)c2)c1.CCC(O)(CC)c1cc(F)cc(OCc2ccc(C(=CC(=O)[O-])c3ccoc3)c(O)c2)c1.[Na+].[Na+]. The number of halogens is 2. The summed E-state index contributed by atoms with van der Waals surface area (Å²) in [5.74, 6) is -3.68. The minimum atomic E-state index is -1.41. The van der Waals surface area contributed by atoms with Crippen molar-refractivity contribution in [1.82, 2.24) is 0 Å². The van der Waals surface area contributed by atoms with Gasteiger partial charge in [-0.25, -0.2) is 8.78 Å². The fraction of sp³-hybridized carbons (Fsp3) is 0.240. The summed E-state index contributed by atoms with van der Waals surface area (Å²) < 4.78 is 49.6. The van der Waals surface area contributed by atoms with Gasteiger partial charge >= 0.3 is 59.1 Å². The molecular formula is C50H48F2Na2O12. The van der Waals surface area contributed by atoms with Gasteiger partial charge in [0.05, 0.1) is 48.2 Å². The monoisotopic (exact) mass is 924 g/mol. The first-order valence-electron chi connectivity index (χ1n) is 20.4. The summed E-state index contributed by atoms with van der Waals surface area (Å²) in [5, 5.41) is 64.6. The molecule has 6 aromatic rings. The van der Waals surface area contributed by atoms with Crippen LogP contribution in [0, 0.1) is 11.6 Å². The number of hydrogen-bond donors (Lipinski definition) is 4. The fourth-order valence-electron chi connectivity index (χ4n) is 6.97. The zero-order chi connectivity index (χ0) is 46.6. The first kappa shape index (κ1) is 55.2. The number of phenolic OH excluding ortho intramolecular Hbond substituents is 2. The molecule has 0 unspecified atom stereocenters. The number of carbonyl (C=O) groups excluding carboxylic acids is 2. The molecule has 16 heteroatoms. The van der Waals surface area contributed by atoms with Gasteiger partial charge in [-0.15, -0.1) is 0 Å². The molecule has 2 aromatic heterocycles. The van der Waals surface area contributed by atoms with Crippen LogP contribution in [0.1, 0.15) is 97.9 Å². The molecule has 0 spiro atoms. The molecule has 0 saturated heterocycles. The number of ether oxygens (including phenoxy) is 2. The molecule has 0 saturated carbocycles. The van der Waals surface area contributed by atoms with Crippen LogP contribution in [-0.2, 0) is 34.0 Å². The van der Waals surface area contributed by atoms with Crippen molar-refractivity contribution in [1.29, 1.82) is 0 Å². The standard InChI is InChI=1S/2C25H25FO6.2Na/c2*1-3-25(30,4-2)18-10-19(26)12-20(11-18)32-14-16-5-6-21(23(27)9-16)22(13-24(28)29)17-7-8-31-15-17;;/h2*5-13,15,27,30H,3-4,14H2,1-2H3,(H,28,29);;/q;;2*+1/p-2. The van der Waals surface area contributed by atoms with Gasteiger partial charge in [0, 0.05) is 34.4 Å². The number of aromatic hydroxyl groups is 2. The first-order chi connectivity index (χ1) is 30.5. The van der Waals surface area contributed by atoms with Crippen molar-refractivity contribution in [3.63, 3.8) is 0 Å². The normalized spacial score (nSPS) is 11.7. The Labute approximate surface area is 425 Å². The largest absolute Gasteiger partial charge is 1.00 e. The molecule has 4 aromatic carbocycles. The van der Waals surface area contributed by atoms with Crippen LogP contribution in [0.3, 0.4) is 0 Å². The van der Waals surface area contributed by atoms with Crippen molar-refractivity contribution in [2.75, 3.05) is 0 Å².